The van der Waals surface area contributed by atoms with Gasteiger partial charge in [0.05, 0.1) is 19.8 Å². The molecule has 0 aliphatic rings. The van der Waals surface area contributed by atoms with Gasteiger partial charge < -0.3 is 14.6 Å². The molecule has 0 aliphatic carbocycles. The predicted molar refractivity (Wildman–Crippen MR) is 51.2 cm³/mol. The topological polar surface area (TPSA) is 55.8 Å². The number of hydrogen-bond donors (Lipinski definition) is 1. The highest BCUT2D eigenvalue weighted by Crippen LogP contribution is 2.38. The average Bonchev–Trinajstić information content (AvgIpc) is 2.16. The SMILES string of the molecule is COc1c(O)ccc(C(C)=O)c1OC. The number of Topliss-reactive ketones (excluding diaryl/α,β-unsaturated/α-hetero) is 1. The Hall–Kier alpha value is -1.71. The van der Waals surface area contributed by atoms with Crippen molar-refractivity contribution >= 4 is 5.78 Å². The van der Waals surface area contributed by atoms with Crippen LogP contribution in [-0.4, -0.2) is 25.1 Å². The zero-order valence-corrected chi connectivity index (χ0v) is 8.33. The number of benzene rings is 1. The zero-order valence-electron chi connectivity index (χ0n) is 8.33. The zero-order chi connectivity index (χ0) is 10.7. The fourth-order valence-electron chi connectivity index (χ4n) is 1.23. The Morgan fingerprint density at radius 2 is 1.79 bits per heavy atom. The smallest absolute Gasteiger partial charge is 0.203 e. The third-order valence-electron chi connectivity index (χ3n) is 1.88. The van der Waals surface area contributed by atoms with E-state index in [1.165, 1.54) is 33.3 Å². The Morgan fingerprint density at radius 3 is 2.21 bits per heavy atom. The molecule has 1 aromatic carbocycles. The first-order chi connectivity index (χ1) is 6.61. The molecule has 0 radical (unpaired) electrons. The molecule has 0 bridgehead atoms. The lowest BCUT2D eigenvalue weighted by Gasteiger charge is -2.11. The summed E-state index contributed by atoms with van der Waals surface area (Å²) in [5.41, 5.74) is 0.391. The molecular weight excluding hydrogens is 184 g/mol. The van der Waals surface area contributed by atoms with Gasteiger partial charge in [-0.05, 0) is 19.1 Å². The molecule has 0 saturated heterocycles. The maximum atomic E-state index is 11.2. The van der Waals surface area contributed by atoms with E-state index in [4.69, 9.17) is 9.47 Å². The van der Waals surface area contributed by atoms with Gasteiger partial charge in [0.2, 0.25) is 5.75 Å². The van der Waals surface area contributed by atoms with Gasteiger partial charge in [-0.1, -0.05) is 0 Å². The quantitative estimate of drug-likeness (QED) is 0.746. The maximum Gasteiger partial charge on any atom is 0.203 e. The van der Waals surface area contributed by atoms with E-state index in [1.807, 2.05) is 0 Å². The van der Waals surface area contributed by atoms with Gasteiger partial charge in [0.25, 0.3) is 0 Å². The van der Waals surface area contributed by atoms with E-state index in [0.29, 0.717) is 5.56 Å². The summed E-state index contributed by atoms with van der Waals surface area (Å²) in [5, 5.41) is 9.41. The van der Waals surface area contributed by atoms with E-state index >= 15 is 0 Å². The van der Waals surface area contributed by atoms with Crippen molar-refractivity contribution < 1.29 is 19.4 Å². The Morgan fingerprint density at radius 1 is 1.21 bits per heavy atom. The monoisotopic (exact) mass is 196 g/mol. The third kappa shape index (κ3) is 1.64. The number of methoxy groups -OCH3 is 2. The number of carbonyl (C=O) groups excluding carboxylic acids is 1. The molecule has 0 saturated carbocycles. The van der Waals surface area contributed by atoms with E-state index in [2.05, 4.69) is 0 Å². The van der Waals surface area contributed by atoms with Gasteiger partial charge in [0, 0.05) is 0 Å². The van der Waals surface area contributed by atoms with E-state index in [9.17, 15) is 9.90 Å². The number of ketones is 1. The van der Waals surface area contributed by atoms with E-state index in [1.54, 1.807) is 0 Å². The first-order valence-electron chi connectivity index (χ1n) is 4.06. The second-order valence-electron chi connectivity index (χ2n) is 2.75. The van der Waals surface area contributed by atoms with Gasteiger partial charge >= 0.3 is 0 Å². The molecule has 14 heavy (non-hydrogen) atoms. The number of aromatic hydroxyl groups is 1. The van der Waals surface area contributed by atoms with Crippen molar-refractivity contribution in [2.24, 2.45) is 0 Å². The van der Waals surface area contributed by atoms with Gasteiger partial charge in [-0.3, -0.25) is 4.79 Å². The van der Waals surface area contributed by atoms with Crippen LogP contribution >= 0.6 is 0 Å². The van der Waals surface area contributed by atoms with Crippen molar-refractivity contribution in [3.8, 4) is 17.2 Å². The normalized spacial score (nSPS) is 9.64. The standard InChI is InChI=1S/C10H12O4/c1-6(11)7-4-5-8(12)10(14-3)9(7)13-2/h4-5,12H,1-3H3. The van der Waals surface area contributed by atoms with Gasteiger partial charge in [-0.15, -0.1) is 0 Å². The fourth-order valence-corrected chi connectivity index (χ4v) is 1.23. The summed E-state index contributed by atoms with van der Waals surface area (Å²) in [6.07, 6.45) is 0. The molecule has 4 nitrogen and oxygen atoms in total. The Balaban J connectivity index is 3.40. The van der Waals surface area contributed by atoms with Crippen molar-refractivity contribution in [1.82, 2.24) is 0 Å². The predicted octanol–water partition coefficient (Wildman–Crippen LogP) is 1.61. The van der Waals surface area contributed by atoms with E-state index in [0.717, 1.165) is 0 Å². The largest absolute Gasteiger partial charge is 0.504 e. The lowest BCUT2D eigenvalue weighted by atomic mass is 10.1. The van der Waals surface area contributed by atoms with Crippen molar-refractivity contribution in [3.05, 3.63) is 17.7 Å². The molecule has 0 atom stereocenters. The molecule has 1 N–H and O–H groups in total. The van der Waals surface area contributed by atoms with Crippen LogP contribution in [-0.2, 0) is 0 Å². The van der Waals surface area contributed by atoms with Crippen LogP contribution in [0.4, 0.5) is 0 Å². The van der Waals surface area contributed by atoms with Gasteiger partial charge in [0.1, 0.15) is 0 Å². The molecule has 0 heterocycles. The molecule has 1 aromatic rings. The maximum absolute atomic E-state index is 11.2. The summed E-state index contributed by atoms with van der Waals surface area (Å²) in [6.45, 7) is 1.42. The summed E-state index contributed by atoms with van der Waals surface area (Å²) >= 11 is 0. The molecule has 4 heteroatoms. The van der Waals surface area contributed by atoms with Crippen LogP contribution in [0.1, 0.15) is 17.3 Å². The van der Waals surface area contributed by atoms with Crippen molar-refractivity contribution in [3.63, 3.8) is 0 Å². The molecule has 0 spiro atoms. The Kier molecular flexibility index (Phi) is 2.96. The molecule has 0 unspecified atom stereocenters. The lowest BCUT2D eigenvalue weighted by molar-refractivity contribution is 0.101. The summed E-state index contributed by atoms with van der Waals surface area (Å²) in [5.74, 6) is 0.259. The first kappa shape index (κ1) is 10.4. The summed E-state index contributed by atoms with van der Waals surface area (Å²) < 4.78 is 9.93. The number of ether oxygens (including phenoxy) is 2. The highest BCUT2D eigenvalue weighted by molar-refractivity contribution is 5.98. The number of phenolic OH excluding ortho intramolecular Hbond substituents is 1. The third-order valence-corrected chi connectivity index (χ3v) is 1.88. The second-order valence-corrected chi connectivity index (χ2v) is 2.75. The molecular formula is C10H12O4. The van der Waals surface area contributed by atoms with Crippen molar-refractivity contribution in [1.29, 1.82) is 0 Å². The molecule has 76 valence electrons. The van der Waals surface area contributed by atoms with E-state index < -0.39 is 0 Å². The number of phenols is 1. The number of rotatable bonds is 3. The van der Waals surface area contributed by atoms with Crippen molar-refractivity contribution in [2.75, 3.05) is 14.2 Å². The summed E-state index contributed by atoms with van der Waals surface area (Å²) in [4.78, 5) is 11.2. The molecule has 0 aromatic heterocycles. The Labute approximate surface area is 82.1 Å². The minimum absolute atomic E-state index is 0.0469. The van der Waals surface area contributed by atoms with Crippen LogP contribution in [0.25, 0.3) is 0 Å². The van der Waals surface area contributed by atoms with Crippen LogP contribution in [0.15, 0.2) is 12.1 Å². The summed E-state index contributed by atoms with van der Waals surface area (Å²) in [6, 6.07) is 2.90. The van der Waals surface area contributed by atoms with Gasteiger partial charge in [0.15, 0.2) is 17.3 Å². The number of hydrogen-bond acceptors (Lipinski definition) is 4. The molecule has 1 rings (SSSR count). The molecule has 0 fully saturated rings. The fraction of sp³-hybridized carbons (Fsp3) is 0.300. The lowest BCUT2D eigenvalue weighted by Crippen LogP contribution is -2.00. The minimum Gasteiger partial charge on any atom is -0.504 e. The van der Waals surface area contributed by atoms with Crippen LogP contribution in [0.5, 0.6) is 17.2 Å². The van der Waals surface area contributed by atoms with Crippen molar-refractivity contribution in [2.45, 2.75) is 6.92 Å². The van der Waals surface area contributed by atoms with Crippen LogP contribution in [0.2, 0.25) is 0 Å². The molecule has 0 amide bonds. The van der Waals surface area contributed by atoms with Crippen LogP contribution < -0.4 is 9.47 Å². The summed E-state index contributed by atoms with van der Waals surface area (Å²) in [7, 11) is 2.82. The highest BCUT2D eigenvalue weighted by Gasteiger charge is 2.16. The molecule has 0 aliphatic heterocycles. The Bertz CT molecular complexity index is 357. The second kappa shape index (κ2) is 4.00. The van der Waals surface area contributed by atoms with E-state index in [-0.39, 0.29) is 23.0 Å². The van der Waals surface area contributed by atoms with Gasteiger partial charge in [-0.2, -0.15) is 0 Å². The minimum atomic E-state index is -0.139. The highest BCUT2D eigenvalue weighted by atomic mass is 16.5. The van der Waals surface area contributed by atoms with Crippen LogP contribution in [0, 0.1) is 0 Å². The van der Waals surface area contributed by atoms with Gasteiger partial charge in [-0.25, -0.2) is 0 Å². The average molecular weight is 196 g/mol. The number of carbonyl (C=O) groups is 1. The van der Waals surface area contributed by atoms with Crippen LogP contribution in [0.3, 0.4) is 0 Å². The first-order valence-corrected chi connectivity index (χ1v) is 4.06.